The lowest BCUT2D eigenvalue weighted by Gasteiger charge is -2.06. The molecule has 0 radical (unpaired) electrons. The topological polar surface area (TPSA) is 42.9 Å². The van der Waals surface area contributed by atoms with Gasteiger partial charge in [-0.25, -0.2) is 4.98 Å². The largest absolute Gasteiger partial charge is 0.276 e. The van der Waals surface area contributed by atoms with Gasteiger partial charge in [0.2, 0.25) is 0 Å². The molecule has 2 aromatic heterocycles. The van der Waals surface area contributed by atoms with Crippen LogP contribution in [-0.4, -0.2) is 15.2 Å². The lowest BCUT2D eigenvalue weighted by Crippen LogP contribution is -1.96. The van der Waals surface area contributed by atoms with Gasteiger partial charge in [0.15, 0.2) is 0 Å². The molecule has 0 atom stereocenters. The third-order valence-corrected chi connectivity index (χ3v) is 3.06. The molecule has 0 fully saturated rings. The van der Waals surface area contributed by atoms with Crippen LogP contribution in [0.25, 0.3) is 22.3 Å². The number of nitrogens with zero attached hydrogens (tertiary/aromatic N) is 2. The summed E-state index contributed by atoms with van der Waals surface area (Å²) in [5.41, 5.74) is 2.54. The summed E-state index contributed by atoms with van der Waals surface area (Å²) in [5, 5.41) is 0.262. The summed E-state index contributed by atoms with van der Waals surface area (Å²) in [6.45, 7) is 0. The van der Waals surface area contributed by atoms with Crippen LogP contribution >= 0.6 is 24.0 Å². The Bertz CT molecular complexity index is 760. The second-order valence-electron chi connectivity index (χ2n) is 4.06. The minimum Gasteiger partial charge on any atom is -0.276 e. The first-order valence-corrected chi connectivity index (χ1v) is 6.14. The van der Waals surface area contributed by atoms with Crippen molar-refractivity contribution in [2.75, 3.05) is 0 Å². The summed E-state index contributed by atoms with van der Waals surface area (Å²) in [5.74, 6) is 0. The molecule has 3 rings (SSSR count). The number of carbonyl (C=O) groups excluding carboxylic acids is 1. The summed E-state index contributed by atoms with van der Waals surface area (Å²) in [7, 11) is 0. The molecule has 5 heteroatoms. The number of pyridine rings is 2. The van der Waals surface area contributed by atoms with Crippen molar-refractivity contribution in [3.63, 3.8) is 0 Å². The zero-order valence-electron chi connectivity index (χ0n) is 10.3. The molecule has 0 N–H and O–H groups in total. The van der Waals surface area contributed by atoms with E-state index in [1.807, 2.05) is 42.5 Å². The number of hydrogen-bond acceptors (Lipinski definition) is 3. The average Bonchev–Trinajstić information content (AvgIpc) is 2.47. The molecule has 2 heterocycles. The Morgan fingerprint density at radius 2 is 1.75 bits per heavy atom. The molecular weight excluding hydrogens is 295 g/mol. The number of fused-ring (bicyclic) bond motifs is 1. The Labute approximate surface area is 127 Å². The molecule has 20 heavy (non-hydrogen) atoms. The maximum atomic E-state index is 11.6. The summed E-state index contributed by atoms with van der Waals surface area (Å²) in [6, 6.07) is 14.7. The molecule has 1 aromatic carbocycles. The quantitative estimate of drug-likeness (QED) is 0.669. The van der Waals surface area contributed by atoms with Gasteiger partial charge in [-0.2, -0.15) is 0 Å². The molecule has 100 valence electrons. The van der Waals surface area contributed by atoms with E-state index >= 15 is 0 Å². The normalized spacial score (nSPS) is 10.1. The summed E-state index contributed by atoms with van der Waals surface area (Å²) < 4.78 is 0. The summed E-state index contributed by atoms with van der Waals surface area (Å²) >= 11 is 5.65. The van der Waals surface area contributed by atoms with Gasteiger partial charge in [0.05, 0.1) is 16.9 Å². The Hall–Kier alpha value is -1.97. The molecule has 0 unspecified atom stereocenters. The second-order valence-corrected chi connectivity index (χ2v) is 4.40. The molecular formula is C15H10Cl2N2O. The number of halogens is 2. The number of para-hydroxylation sites is 1. The number of benzene rings is 1. The smallest absolute Gasteiger partial charge is 0.253 e. The first-order chi connectivity index (χ1) is 9.25. The molecule has 0 aliphatic heterocycles. The van der Waals surface area contributed by atoms with Gasteiger partial charge in [-0.05, 0) is 35.9 Å². The van der Waals surface area contributed by atoms with Gasteiger partial charge in [0.25, 0.3) is 5.24 Å². The van der Waals surface area contributed by atoms with Crippen LogP contribution < -0.4 is 0 Å². The minimum atomic E-state index is -0.490. The fourth-order valence-electron chi connectivity index (χ4n) is 1.98. The van der Waals surface area contributed by atoms with E-state index in [1.54, 1.807) is 12.3 Å². The van der Waals surface area contributed by atoms with E-state index in [-0.39, 0.29) is 12.4 Å². The van der Waals surface area contributed by atoms with Crippen molar-refractivity contribution in [3.8, 4) is 11.4 Å². The SMILES string of the molecule is Cl.O=C(Cl)c1cc(-c2ccccn2)nc2ccccc12. The van der Waals surface area contributed by atoms with Gasteiger partial charge in [0.1, 0.15) is 0 Å². The average molecular weight is 305 g/mol. The van der Waals surface area contributed by atoms with Crippen molar-refractivity contribution in [1.82, 2.24) is 9.97 Å². The molecule has 0 spiro atoms. The van der Waals surface area contributed by atoms with Crippen LogP contribution in [0, 0.1) is 0 Å². The van der Waals surface area contributed by atoms with Gasteiger partial charge < -0.3 is 0 Å². The maximum absolute atomic E-state index is 11.6. The highest BCUT2D eigenvalue weighted by Crippen LogP contribution is 2.24. The van der Waals surface area contributed by atoms with E-state index in [0.29, 0.717) is 17.0 Å². The van der Waals surface area contributed by atoms with E-state index in [0.717, 1.165) is 10.9 Å². The number of carbonyl (C=O) groups is 1. The molecule has 0 aliphatic rings. The number of rotatable bonds is 2. The van der Waals surface area contributed by atoms with Crippen LogP contribution in [-0.2, 0) is 0 Å². The van der Waals surface area contributed by atoms with E-state index in [9.17, 15) is 4.79 Å². The van der Waals surface area contributed by atoms with Crippen molar-refractivity contribution < 1.29 is 4.79 Å². The monoisotopic (exact) mass is 304 g/mol. The lowest BCUT2D eigenvalue weighted by atomic mass is 10.1. The van der Waals surface area contributed by atoms with Crippen molar-refractivity contribution >= 4 is 40.2 Å². The Balaban J connectivity index is 0.00000147. The Kier molecular flexibility index (Phi) is 4.32. The second kappa shape index (κ2) is 5.99. The predicted octanol–water partition coefficient (Wildman–Crippen LogP) is 4.10. The van der Waals surface area contributed by atoms with E-state index in [4.69, 9.17) is 11.6 Å². The summed E-state index contributed by atoms with van der Waals surface area (Å²) in [4.78, 5) is 20.3. The van der Waals surface area contributed by atoms with E-state index in [1.165, 1.54) is 0 Å². The van der Waals surface area contributed by atoms with Crippen molar-refractivity contribution in [1.29, 1.82) is 0 Å². The van der Waals surface area contributed by atoms with Crippen LogP contribution in [0.3, 0.4) is 0 Å². The van der Waals surface area contributed by atoms with Gasteiger partial charge in [-0.1, -0.05) is 24.3 Å². The number of aromatic nitrogens is 2. The van der Waals surface area contributed by atoms with Crippen molar-refractivity contribution in [2.24, 2.45) is 0 Å². The van der Waals surface area contributed by atoms with Gasteiger partial charge in [0, 0.05) is 17.1 Å². The highest BCUT2D eigenvalue weighted by atomic mass is 35.5. The third-order valence-electron chi connectivity index (χ3n) is 2.86. The van der Waals surface area contributed by atoms with E-state index in [2.05, 4.69) is 9.97 Å². The zero-order valence-corrected chi connectivity index (χ0v) is 11.9. The van der Waals surface area contributed by atoms with Crippen LogP contribution in [0.1, 0.15) is 10.4 Å². The van der Waals surface area contributed by atoms with Gasteiger partial charge in [-0.3, -0.25) is 9.78 Å². The zero-order chi connectivity index (χ0) is 13.2. The fraction of sp³-hybridized carbons (Fsp3) is 0. The molecule has 3 aromatic rings. The Morgan fingerprint density at radius 1 is 1.00 bits per heavy atom. The predicted molar refractivity (Wildman–Crippen MR) is 82.4 cm³/mol. The van der Waals surface area contributed by atoms with Crippen molar-refractivity contribution in [2.45, 2.75) is 0 Å². The van der Waals surface area contributed by atoms with Crippen LogP contribution in [0.4, 0.5) is 0 Å². The van der Waals surface area contributed by atoms with Gasteiger partial charge >= 0.3 is 0 Å². The molecule has 0 amide bonds. The molecule has 0 saturated heterocycles. The first-order valence-electron chi connectivity index (χ1n) is 5.77. The first kappa shape index (κ1) is 14.4. The Morgan fingerprint density at radius 3 is 2.45 bits per heavy atom. The van der Waals surface area contributed by atoms with E-state index < -0.39 is 5.24 Å². The van der Waals surface area contributed by atoms with Crippen LogP contribution in [0.15, 0.2) is 54.7 Å². The molecule has 0 aliphatic carbocycles. The highest BCUT2D eigenvalue weighted by Gasteiger charge is 2.12. The maximum Gasteiger partial charge on any atom is 0.253 e. The van der Waals surface area contributed by atoms with Crippen LogP contribution in [0.2, 0.25) is 0 Å². The molecule has 0 bridgehead atoms. The molecule has 0 saturated carbocycles. The third kappa shape index (κ3) is 2.64. The standard InChI is InChI=1S/C15H9ClN2O.ClH/c16-15(19)11-9-14(13-7-3-4-8-17-13)18-12-6-2-1-5-10(11)12;/h1-9H;1H. The lowest BCUT2D eigenvalue weighted by molar-refractivity contribution is 0.108. The molecule has 3 nitrogen and oxygen atoms in total. The summed E-state index contributed by atoms with van der Waals surface area (Å²) in [6.07, 6.45) is 1.69. The minimum absolute atomic E-state index is 0. The van der Waals surface area contributed by atoms with Crippen LogP contribution in [0.5, 0.6) is 0 Å². The van der Waals surface area contributed by atoms with Gasteiger partial charge in [-0.15, -0.1) is 12.4 Å². The van der Waals surface area contributed by atoms with Crippen molar-refractivity contribution in [3.05, 3.63) is 60.3 Å². The fourth-order valence-corrected chi connectivity index (χ4v) is 2.14. The highest BCUT2D eigenvalue weighted by molar-refractivity contribution is 6.68. The number of hydrogen-bond donors (Lipinski definition) is 0.